The van der Waals surface area contributed by atoms with E-state index in [9.17, 15) is 12.8 Å². The van der Waals surface area contributed by atoms with Crippen molar-refractivity contribution >= 4 is 44.4 Å². The third-order valence-corrected chi connectivity index (χ3v) is 9.96. The van der Waals surface area contributed by atoms with Crippen molar-refractivity contribution in [2.24, 2.45) is 5.92 Å². The lowest BCUT2D eigenvalue weighted by Gasteiger charge is -2.30. The summed E-state index contributed by atoms with van der Waals surface area (Å²) in [6.07, 6.45) is 4.04. The molecule has 0 N–H and O–H groups in total. The Morgan fingerprint density at radius 3 is 2.80 bits per heavy atom. The van der Waals surface area contributed by atoms with Gasteiger partial charge in [0.2, 0.25) is 10.0 Å². The van der Waals surface area contributed by atoms with Gasteiger partial charge < -0.3 is 9.30 Å². The van der Waals surface area contributed by atoms with E-state index in [1.54, 1.807) is 22.5 Å². The van der Waals surface area contributed by atoms with Gasteiger partial charge in [0.05, 0.1) is 28.6 Å². The van der Waals surface area contributed by atoms with Crippen LogP contribution in [0.1, 0.15) is 38.2 Å². The van der Waals surface area contributed by atoms with Crippen molar-refractivity contribution in [2.75, 3.05) is 19.7 Å². The zero-order valence-electron chi connectivity index (χ0n) is 19.6. The Balaban J connectivity index is 1.47. The van der Waals surface area contributed by atoms with Gasteiger partial charge in [0.15, 0.2) is 5.16 Å². The van der Waals surface area contributed by atoms with Crippen LogP contribution in [0.5, 0.6) is 0 Å². The molecule has 6 nitrogen and oxygen atoms in total. The van der Waals surface area contributed by atoms with Crippen molar-refractivity contribution in [3.05, 3.63) is 52.8 Å². The third-order valence-electron chi connectivity index (χ3n) is 6.72. The molecule has 0 saturated carbocycles. The average Bonchev–Trinajstić information content (AvgIpc) is 3.46. The van der Waals surface area contributed by atoms with Gasteiger partial charge in [0.1, 0.15) is 5.82 Å². The Kier molecular flexibility index (Phi) is 7.42. The van der Waals surface area contributed by atoms with Gasteiger partial charge in [-0.2, -0.15) is 4.31 Å². The van der Waals surface area contributed by atoms with Crippen molar-refractivity contribution in [3.8, 4) is 0 Å². The smallest absolute Gasteiger partial charge is 0.243 e. The molecule has 35 heavy (non-hydrogen) atoms. The monoisotopic (exact) mass is 537 g/mol. The summed E-state index contributed by atoms with van der Waals surface area (Å²) in [5, 5.41) is 1.14. The minimum atomic E-state index is -3.58. The molecule has 0 amide bonds. The topological polar surface area (TPSA) is 64.4 Å². The molecule has 5 rings (SSSR count). The maximum Gasteiger partial charge on any atom is 0.243 e. The van der Waals surface area contributed by atoms with Gasteiger partial charge in [0.25, 0.3) is 0 Å². The fourth-order valence-corrected chi connectivity index (χ4v) is 7.78. The van der Waals surface area contributed by atoms with Crippen LogP contribution in [0.3, 0.4) is 0 Å². The summed E-state index contributed by atoms with van der Waals surface area (Å²) in [5.74, 6) is 0.505. The van der Waals surface area contributed by atoms with Crippen LogP contribution < -0.4 is 0 Å². The highest BCUT2D eigenvalue weighted by molar-refractivity contribution is 7.98. The molecular formula is C25H29ClFN3O3S2. The van der Waals surface area contributed by atoms with Gasteiger partial charge in [0, 0.05) is 30.5 Å². The lowest BCUT2D eigenvalue weighted by atomic mass is 10.0. The number of hydrogen-bond donors (Lipinski definition) is 0. The summed E-state index contributed by atoms with van der Waals surface area (Å²) in [6.45, 7) is 4.59. The van der Waals surface area contributed by atoms with E-state index in [0.29, 0.717) is 41.8 Å². The van der Waals surface area contributed by atoms with Crippen LogP contribution in [0.25, 0.3) is 11.0 Å². The predicted octanol–water partition coefficient (Wildman–Crippen LogP) is 5.72. The summed E-state index contributed by atoms with van der Waals surface area (Å²) < 4.78 is 49.7. The van der Waals surface area contributed by atoms with Crippen LogP contribution >= 0.6 is 23.4 Å². The highest BCUT2D eigenvalue weighted by atomic mass is 35.5. The molecule has 2 aliphatic rings. The molecule has 0 radical (unpaired) electrons. The lowest BCUT2D eigenvalue weighted by Crippen LogP contribution is -2.39. The van der Waals surface area contributed by atoms with E-state index in [1.807, 2.05) is 6.07 Å². The number of aromatic nitrogens is 2. The van der Waals surface area contributed by atoms with Gasteiger partial charge >= 0.3 is 0 Å². The molecule has 2 aliphatic heterocycles. The molecule has 2 atom stereocenters. The van der Waals surface area contributed by atoms with E-state index < -0.39 is 10.0 Å². The SMILES string of the molecule is C[C@H]1CCCN(S(=O)(=O)c2ccc3c(c2)nc(SCc2ccc(F)cc2Cl)n3C[C@H]2CCCO2)C1. The number of halogens is 2. The van der Waals surface area contributed by atoms with Crippen molar-refractivity contribution in [3.63, 3.8) is 0 Å². The number of sulfonamides is 1. The highest BCUT2D eigenvalue weighted by Crippen LogP contribution is 2.32. The standard InChI is InChI=1S/C25H29ClFN3O3S2/c1-17-4-2-10-29(14-17)35(31,32)21-8-9-24-23(13-21)28-25(30(24)15-20-5-3-11-33-20)34-16-18-6-7-19(27)12-22(18)26/h6-9,12-13,17,20H,2-5,10-11,14-16H2,1H3/t17-,20+/m0/s1. The van der Waals surface area contributed by atoms with Crippen molar-refractivity contribution < 1.29 is 17.5 Å². The number of rotatable bonds is 7. The molecule has 0 bridgehead atoms. The number of piperidine rings is 1. The molecule has 2 fully saturated rings. The fourth-order valence-electron chi connectivity index (χ4n) is 4.82. The Bertz CT molecular complexity index is 1320. The maximum absolute atomic E-state index is 13.5. The summed E-state index contributed by atoms with van der Waals surface area (Å²) in [7, 11) is -3.58. The third kappa shape index (κ3) is 5.39. The van der Waals surface area contributed by atoms with Crippen LogP contribution in [0, 0.1) is 11.7 Å². The van der Waals surface area contributed by atoms with Crippen LogP contribution in [-0.2, 0) is 27.1 Å². The summed E-state index contributed by atoms with van der Waals surface area (Å²) in [5.41, 5.74) is 2.33. The van der Waals surface area contributed by atoms with Crippen molar-refractivity contribution in [2.45, 2.75) is 61.1 Å². The first-order valence-electron chi connectivity index (χ1n) is 12.0. The first-order valence-corrected chi connectivity index (χ1v) is 14.8. The minimum absolute atomic E-state index is 0.0967. The Morgan fingerprint density at radius 2 is 2.06 bits per heavy atom. The van der Waals surface area contributed by atoms with Crippen LogP contribution in [0.2, 0.25) is 5.02 Å². The molecular weight excluding hydrogens is 509 g/mol. The van der Waals surface area contributed by atoms with E-state index in [2.05, 4.69) is 11.5 Å². The van der Waals surface area contributed by atoms with Crippen LogP contribution in [0.15, 0.2) is 46.5 Å². The predicted molar refractivity (Wildman–Crippen MR) is 137 cm³/mol. The van der Waals surface area contributed by atoms with E-state index in [0.717, 1.165) is 48.5 Å². The second-order valence-electron chi connectivity index (χ2n) is 9.43. The molecule has 1 aromatic heterocycles. The molecule has 188 valence electrons. The number of ether oxygens (including phenoxy) is 1. The summed E-state index contributed by atoms with van der Waals surface area (Å²) >= 11 is 7.74. The van der Waals surface area contributed by atoms with Gasteiger partial charge in [-0.3, -0.25) is 0 Å². The van der Waals surface area contributed by atoms with E-state index in [-0.39, 0.29) is 16.8 Å². The molecule has 3 heterocycles. The largest absolute Gasteiger partial charge is 0.376 e. The maximum atomic E-state index is 13.5. The van der Waals surface area contributed by atoms with Gasteiger partial charge in [-0.25, -0.2) is 17.8 Å². The van der Waals surface area contributed by atoms with Crippen LogP contribution in [-0.4, -0.2) is 48.1 Å². The summed E-state index contributed by atoms with van der Waals surface area (Å²) in [6, 6.07) is 9.62. The Morgan fingerprint density at radius 1 is 1.20 bits per heavy atom. The number of fused-ring (bicyclic) bond motifs is 1. The molecule has 2 saturated heterocycles. The first kappa shape index (κ1) is 25.0. The fraction of sp³-hybridized carbons (Fsp3) is 0.480. The zero-order valence-corrected chi connectivity index (χ0v) is 22.0. The molecule has 2 aromatic carbocycles. The minimum Gasteiger partial charge on any atom is -0.376 e. The van der Waals surface area contributed by atoms with Crippen molar-refractivity contribution in [1.82, 2.24) is 13.9 Å². The summed E-state index contributed by atoms with van der Waals surface area (Å²) in [4.78, 5) is 5.10. The number of imidazole rings is 1. The number of nitrogens with zero attached hydrogens (tertiary/aromatic N) is 3. The number of hydrogen-bond acceptors (Lipinski definition) is 5. The van der Waals surface area contributed by atoms with Crippen molar-refractivity contribution in [1.29, 1.82) is 0 Å². The second kappa shape index (κ2) is 10.4. The molecule has 10 heteroatoms. The zero-order chi connectivity index (χ0) is 24.6. The molecule has 3 aromatic rings. The van der Waals surface area contributed by atoms with Crippen LogP contribution in [0.4, 0.5) is 4.39 Å². The van der Waals surface area contributed by atoms with E-state index >= 15 is 0 Å². The quantitative estimate of drug-likeness (QED) is 0.361. The highest BCUT2D eigenvalue weighted by Gasteiger charge is 2.29. The average molecular weight is 538 g/mol. The molecule has 0 spiro atoms. The normalized spacial score (nSPS) is 21.7. The Labute approximate surface area is 214 Å². The van der Waals surface area contributed by atoms with E-state index in [1.165, 1.54) is 23.9 Å². The van der Waals surface area contributed by atoms with Gasteiger partial charge in [-0.15, -0.1) is 0 Å². The second-order valence-corrected chi connectivity index (χ2v) is 12.7. The number of thioether (sulfide) groups is 1. The van der Waals surface area contributed by atoms with Gasteiger partial charge in [-0.05, 0) is 67.5 Å². The first-order chi connectivity index (χ1) is 16.8. The molecule has 0 aliphatic carbocycles. The number of benzene rings is 2. The Hall–Kier alpha value is -1.65. The van der Waals surface area contributed by atoms with Gasteiger partial charge in [-0.1, -0.05) is 36.4 Å². The lowest BCUT2D eigenvalue weighted by molar-refractivity contribution is 0.0960. The molecule has 0 unspecified atom stereocenters. The van der Waals surface area contributed by atoms with E-state index in [4.69, 9.17) is 21.3 Å².